The Morgan fingerprint density at radius 1 is 1.43 bits per heavy atom. The summed E-state index contributed by atoms with van der Waals surface area (Å²) in [4.78, 5) is 16.3. The molecule has 0 radical (unpaired) electrons. The van der Waals surface area contributed by atoms with Crippen LogP contribution in [0.3, 0.4) is 0 Å². The van der Waals surface area contributed by atoms with Crippen LogP contribution in [0.5, 0.6) is 0 Å². The molecule has 1 atom stereocenters. The summed E-state index contributed by atoms with van der Waals surface area (Å²) in [6, 6.07) is 0. The monoisotopic (exact) mass is 336 g/mol. The molecule has 2 heterocycles. The molecule has 0 spiro atoms. The molecular weight excluding hydrogens is 312 g/mol. The van der Waals surface area contributed by atoms with E-state index in [2.05, 4.69) is 29.2 Å². The van der Waals surface area contributed by atoms with Crippen molar-refractivity contribution in [3.05, 3.63) is 17.8 Å². The first-order valence-corrected chi connectivity index (χ1v) is 8.68. The van der Waals surface area contributed by atoms with Crippen LogP contribution in [0.15, 0.2) is 17.8 Å². The van der Waals surface area contributed by atoms with Crippen molar-refractivity contribution in [2.75, 3.05) is 11.9 Å². The molecule has 0 bridgehead atoms. The topological polar surface area (TPSA) is 69.0 Å². The number of hydrogen-bond donors (Lipinski definition) is 1. The summed E-state index contributed by atoms with van der Waals surface area (Å²) in [5.74, 6) is 0.522. The molecule has 1 amide bonds. The minimum atomic E-state index is -0.0752. The summed E-state index contributed by atoms with van der Waals surface area (Å²) in [6.07, 6.45) is 5.17. The first-order valence-electron chi connectivity index (χ1n) is 7.80. The highest BCUT2D eigenvalue weighted by molar-refractivity contribution is 7.14. The Morgan fingerprint density at radius 2 is 2.22 bits per heavy atom. The normalized spacial score (nSPS) is 12.6. The van der Waals surface area contributed by atoms with Crippen LogP contribution in [-0.2, 0) is 16.6 Å². The van der Waals surface area contributed by atoms with Gasteiger partial charge in [-0.3, -0.25) is 9.48 Å². The zero-order valence-electron chi connectivity index (χ0n) is 14.1. The van der Waals surface area contributed by atoms with E-state index < -0.39 is 0 Å². The van der Waals surface area contributed by atoms with Gasteiger partial charge in [0, 0.05) is 24.2 Å². The van der Waals surface area contributed by atoms with E-state index in [-0.39, 0.29) is 12.0 Å². The molecule has 1 N–H and O–H groups in total. The smallest absolute Gasteiger partial charge is 0.228 e. The third-order valence-electron chi connectivity index (χ3n) is 3.29. The molecule has 0 saturated heterocycles. The Bertz CT molecular complexity index is 636. The fourth-order valence-corrected chi connectivity index (χ4v) is 3.02. The quantitative estimate of drug-likeness (QED) is 0.803. The Hall–Kier alpha value is -1.73. The van der Waals surface area contributed by atoms with Gasteiger partial charge in [-0.25, -0.2) is 4.98 Å². The maximum Gasteiger partial charge on any atom is 0.228 e. The van der Waals surface area contributed by atoms with Gasteiger partial charge in [-0.2, -0.15) is 5.10 Å². The second-order valence-corrected chi connectivity index (χ2v) is 6.91. The van der Waals surface area contributed by atoms with Crippen molar-refractivity contribution in [3.63, 3.8) is 0 Å². The summed E-state index contributed by atoms with van der Waals surface area (Å²) in [5.41, 5.74) is 1.76. The number of carbonyl (C=O) groups excluding carboxylic acids is 1. The van der Waals surface area contributed by atoms with Gasteiger partial charge >= 0.3 is 0 Å². The van der Waals surface area contributed by atoms with Gasteiger partial charge in [0.05, 0.1) is 31.0 Å². The van der Waals surface area contributed by atoms with Gasteiger partial charge in [0.2, 0.25) is 5.91 Å². The van der Waals surface area contributed by atoms with Crippen molar-refractivity contribution in [3.8, 4) is 11.3 Å². The van der Waals surface area contributed by atoms with E-state index in [1.807, 2.05) is 25.5 Å². The number of nitrogens with one attached hydrogen (secondary N) is 1. The molecule has 23 heavy (non-hydrogen) atoms. The molecule has 2 aromatic heterocycles. The van der Waals surface area contributed by atoms with E-state index in [0.29, 0.717) is 24.1 Å². The zero-order valence-corrected chi connectivity index (χ0v) is 14.9. The third-order valence-corrected chi connectivity index (χ3v) is 4.04. The highest BCUT2D eigenvalue weighted by atomic mass is 32.1. The summed E-state index contributed by atoms with van der Waals surface area (Å²) in [6.45, 7) is 6.79. The first-order chi connectivity index (χ1) is 10.9. The number of anilines is 1. The van der Waals surface area contributed by atoms with Gasteiger partial charge in [0.25, 0.3) is 0 Å². The van der Waals surface area contributed by atoms with E-state index in [9.17, 15) is 4.79 Å². The maximum atomic E-state index is 11.9. The van der Waals surface area contributed by atoms with Crippen molar-refractivity contribution in [2.24, 2.45) is 13.0 Å². The summed E-state index contributed by atoms with van der Waals surface area (Å²) in [5, 5.41) is 9.44. The molecule has 0 unspecified atom stereocenters. The average molecular weight is 336 g/mol. The number of aryl methyl sites for hydroxylation is 1. The Morgan fingerprint density at radius 3 is 2.87 bits per heavy atom. The minimum absolute atomic E-state index is 0.0752. The highest BCUT2D eigenvalue weighted by Crippen LogP contribution is 2.24. The highest BCUT2D eigenvalue weighted by Gasteiger charge is 2.10. The van der Waals surface area contributed by atoms with Crippen LogP contribution < -0.4 is 5.32 Å². The van der Waals surface area contributed by atoms with Crippen LogP contribution in [0.4, 0.5) is 5.13 Å². The van der Waals surface area contributed by atoms with Crippen molar-refractivity contribution >= 4 is 22.4 Å². The molecule has 2 rings (SSSR count). The number of hydrogen-bond acceptors (Lipinski definition) is 5. The van der Waals surface area contributed by atoms with Gasteiger partial charge in [-0.15, -0.1) is 11.3 Å². The summed E-state index contributed by atoms with van der Waals surface area (Å²) >= 11 is 1.41. The molecular formula is C16H24N4O2S. The van der Waals surface area contributed by atoms with Crippen molar-refractivity contribution in [1.82, 2.24) is 14.8 Å². The Balaban J connectivity index is 1.76. The van der Waals surface area contributed by atoms with Gasteiger partial charge in [-0.05, 0) is 19.3 Å². The SMILES string of the molecule is CC(C)C[C@@H](C)OCCC(=O)Nc1nc(-c2cnn(C)c2)cs1. The number of ether oxygens (including phenoxy) is 1. The zero-order chi connectivity index (χ0) is 16.8. The fourth-order valence-electron chi connectivity index (χ4n) is 2.28. The van der Waals surface area contributed by atoms with E-state index in [4.69, 9.17) is 4.74 Å². The van der Waals surface area contributed by atoms with Crippen LogP contribution in [0.2, 0.25) is 0 Å². The number of rotatable bonds is 8. The lowest BCUT2D eigenvalue weighted by molar-refractivity contribution is -0.117. The second kappa shape index (κ2) is 8.21. The van der Waals surface area contributed by atoms with E-state index in [1.54, 1.807) is 10.9 Å². The number of thiazole rings is 1. The van der Waals surface area contributed by atoms with Crippen molar-refractivity contribution in [2.45, 2.75) is 39.7 Å². The molecule has 0 aliphatic heterocycles. The molecule has 0 aliphatic rings. The average Bonchev–Trinajstić information content (AvgIpc) is 3.06. The standard InChI is InChI=1S/C16H24N4O2S/c1-11(2)7-12(3)22-6-5-15(21)19-16-18-14(10-23-16)13-8-17-20(4)9-13/h8-12H,5-7H2,1-4H3,(H,18,19,21)/t12-/m1/s1. The number of nitrogens with zero attached hydrogens (tertiary/aromatic N) is 3. The molecule has 7 heteroatoms. The minimum Gasteiger partial charge on any atom is -0.378 e. The van der Waals surface area contributed by atoms with Crippen LogP contribution in [-0.4, -0.2) is 33.4 Å². The van der Waals surface area contributed by atoms with Crippen LogP contribution >= 0.6 is 11.3 Å². The second-order valence-electron chi connectivity index (χ2n) is 6.05. The van der Waals surface area contributed by atoms with Crippen molar-refractivity contribution < 1.29 is 9.53 Å². The molecule has 6 nitrogen and oxygen atoms in total. The number of amides is 1. The number of carbonyl (C=O) groups is 1. The molecule has 2 aromatic rings. The lowest BCUT2D eigenvalue weighted by atomic mass is 10.1. The van der Waals surface area contributed by atoms with E-state index >= 15 is 0 Å². The Kier molecular flexibility index (Phi) is 6.29. The van der Waals surface area contributed by atoms with E-state index in [1.165, 1.54) is 11.3 Å². The van der Waals surface area contributed by atoms with Gasteiger partial charge in [0.15, 0.2) is 5.13 Å². The molecule has 0 aromatic carbocycles. The molecule has 0 fully saturated rings. The third kappa shape index (κ3) is 5.76. The first kappa shape index (κ1) is 17.6. The molecule has 0 saturated carbocycles. The van der Waals surface area contributed by atoms with Gasteiger partial charge < -0.3 is 10.1 Å². The Labute approximate surface area is 140 Å². The van der Waals surface area contributed by atoms with Gasteiger partial charge in [0.1, 0.15) is 0 Å². The van der Waals surface area contributed by atoms with Crippen LogP contribution in [0.1, 0.15) is 33.6 Å². The summed E-state index contributed by atoms with van der Waals surface area (Å²) in [7, 11) is 1.86. The van der Waals surface area contributed by atoms with Crippen molar-refractivity contribution in [1.29, 1.82) is 0 Å². The predicted octanol–water partition coefficient (Wildman–Crippen LogP) is 3.32. The van der Waals surface area contributed by atoms with E-state index in [0.717, 1.165) is 17.7 Å². The van der Waals surface area contributed by atoms with Gasteiger partial charge in [-0.1, -0.05) is 13.8 Å². The lowest BCUT2D eigenvalue weighted by Crippen LogP contribution is -2.17. The van der Waals surface area contributed by atoms with Crippen LogP contribution in [0.25, 0.3) is 11.3 Å². The number of aromatic nitrogens is 3. The van der Waals surface area contributed by atoms with Crippen LogP contribution in [0, 0.1) is 5.92 Å². The molecule has 126 valence electrons. The summed E-state index contributed by atoms with van der Waals surface area (Å²) < 4.78 is 7.37. The fraction of sp³-hybridized carbons (Fsp3) is 0.562. The molecule has 0 aliphatic carbocycles. The predicted molar refractivity (Wildman–Crippen MR) is 92.4 cm³/mol. The lowest BCUT2D eigenvalue weighted by Gasteiger charge is -2.14. The maximum absolute atomic E-state index is 11.9. The largest absolute Gasteiger partial charge is 0.378 e.